The number of hydrogen-bond acceptors (Lipinski definition) is 1. The molecule has 0 spiro atoms. The summed E-state index contributed by atoms with van der Waals surface area (Å²) in [6, 6.07) is 3.83. The van der Waals surface area contributed by atoms with Gasteiger partial charge in [0.1, 0.15) is 11.9 Å². The van der Waals surface area contributed by atoms with Gasteiger partial charge in [0.2, 0.25) is 0 Å². The molecule has 1 nitrogen and oxygen atoms in total. The average Bonchev–Trinajstić information content (AvgIpc) is 2.07. The summed E-state index contributed by atoms with van der Waals surface area (Å²) in [4.78, 5) is 0. The van der Waals surface area contributed by atoms with Crippen molar-refractivity contribution < 1.29 is 4.74 Å². The van der Waals surface area contributed by atoms with Crippen LogP contribution in [0.4, 0.5) is 0 Å². The van der Waals surface area contributed by atoms with Crippen LogP contribution in [0.25, 0.3) is 0 Å². The second-order valence-electron chi connectivity index (χ2n) is 3.51. The number of halogens is 4. The molecule has 0 amide bonds. The SMILES string of the molecule is Clc1cc(I)c(OC2CC(Cl)C2)c(I)c1. The molecule has 0 atom stereocenters. The first-order valence-corrected chi connectivity index (χ1v) is 7.48. The molecule has 1 fully saturated rings. The van der Waals surface area contributed by atoms with E-state index >= 15 is 0 Å². The first kappa shape index (κ1) is 12.5. The van der Waals surface area contributed by atoms with Gasteiger partial charge in [-0.2, -0.15) is 0 Å². The van der Waals surface area contributed by atoms with Crippen LogP contribution in [-0.4, -0.2) is 11.5 Å². The molecule has 1 saturated carbocycles. The second kappa shape index (κ2) is 5.14. The fraction of sp³-hybridized carbons (Fsp3) is 0.400. The van der Waals surface area contributed by atoms with E-state index in [0.717, 1.165) is 30.8 Å². The largest absolute Gasteiger partial charge is 0.488 e. The highest BCUT2D eigenvalue weighted by atomic mass is 127. The van der Waals surface area contributed by atoms with Crippen molar-refractivity contribution in [1.29, 1.82) is 0 Å². The van der Waals surface area contributed by atoms with E-state index in [1.807, 2.05) is 12.1 Å². The standard InChI is InChI=1S/C10H8Cl2I2O/c11-5-1-7(2-5)15-10-8(13)3-6(12)4-9(10)14/h3-5,7H,1-2H2. The molecule has 0 unspecified atom stereocenters. The molecular formula is C10H8Cl2I2O. The van der Waals surface area contributed by atoms with Crippen molar-refractivity contribution in [2.24, 2.45) is 0 Å². The minimum atomic E-state index is 0.274. The van der Waals surface area contributed by atoms with E-state index < -0.39 is 0 Å². The van der Waals surface area contributed by atoms with E-state index in [1.54, 1.807) is 0 Å². The summed E-state index contributed by atoms with van der Waals surface area (Å²) < 4.78 is 7.99. The number of alkyl halides is 1. The molecule has 2 rings (SSSR count). The fourth-order valence-electron chi connectivity index (χ4n) is 1.41. The number of rotatable bonds is 2. The minimum Gasteiger partial charge on any atom is -0.488 e. The smallest absolute Gasteiger partial charge is 0.146 e. The molecule has 5 heteroatoms. The molecule has 0 aromatic heterocycles. The Kier molecular flexibility index (Phi) is 4.29. The van der Waals surface area contributed by atoms with Crippen molar-refractivity contribution in [3.63, 3.8) is 0 Å². The number of ether oxygens (including phenoxy) is 1. The third-order valence-electron chi connectivity index (χ3n) is 2.28. The summed E-state index contributed by atoms with van der Waals surface area (Å²) in [5.41, 5.74) is 0. The van der Waals surface area contributed by atoms with E-state index in [1.165, 1.54) is 0 Å². The van der Waals surface area contributed by atoms with Crippen LogP contribution in [0.1, 0.15) is 12.8 Å². The minimum absolute atomic E-state index is 0.274. The lowest BCUT2D eigenvalue weighted by Gasteiger charge is -2.31. The van der Waals surface area contributed by atoms with Crippen molar-refractivity contribution in [1.82, 2.24) is 0 Å². The molecule has 0 radical (unpaired) electrons. The van der Waals surface area contributed by atoms with Gasteiger partial charge in [0.05, 0.1) is 7.14 Å². The Morgan fingerprint density at radius 2 is 1.73 bits per heavy atom. The summed E-state index contributed by atoms with van der Waals surface area (Å²) in [5.74, 6) is 0.939. The predicted octanol–water partition coefficient (Wildman–Crippen LogP) is 4.70. The molecule has 0 heterocycles. The Balaban J connectivity index is 2.14. The Labute approximate surface area is 126 Å². The summed E-state index contributed by atoms with van der Waals surface area (Å²) in [6.45, 7) is 0. The highest BCUT2D eigenvalue weighted by Crippen LogP contribution is 2.35. The zero-order valence-corrected chi connectivity index (χ0v) is 13.5. The van der Waals surface area contributed by atoms with Crippen LogP contribution in [0, 0.1) is 7.14 Å². The van der Waals surface area contributed by atoms with Gasteiger partial charge in [-0.05, 0) is 57.3 Å². The summed E-state index contributed by atoms with van der Waals surface area (Å²) in [7, 11) is 0. The van der Waals surface area contributed by atoms with Crippen LogP contribution in [0.2, 0.25) is 5.02 Å². The van der Waals surface area contributed by atoms with Crippen LogP contribution in [0.5, 0.6) is 5.75 Å². The lowest BCUT2D eigenvalue weighted by atomic mass is 9.95. The molecule has 0 aliphatic heterocycles. The van der Waals surface area contributed by atoms with Gasteiger partial charge in [-0.3, -0.25) is 0 Å². The van der Waals surface area contributed by atoms with E-state index in [9.17, 15) is 0 Å². The van der Waals surface area contributed by atoms with Gasteiger partial charge in [-0.15, -0.1) is 11.6 Å². The highest BCUT2D eigenvalue weighted by molar-refractivity contribution is 14.1. The van der Waals surface area contributed by atoms with Crippen molar-refractivity contribution in [3.8, 4) is 5.75 Å². The van der Waals surface area contributed by atoms with Gasteiger partial charge in [0.25, 0.3) is 0 Å². The maximum absolute atomic E-state index is 5.94. The summed E-state index contributed by atoms with van der Waals surface area (Å²) in [5, 5.41) is 1.04. The first-order valence-electron chi connectivity index (χ1n) is 4.51. The average molecular weight is 469 g/mol. The third kappa shape index (κ3) is 3.04. The zero-order chi connectivity index (χ0) is 11.0. The van der Waals surface area contributed by atoms with E-state index in [2.05, 4.69) is 45.2 Å². The Bertz CT molecular complexity index is 355. The van der Waals surface area contributed by atoms with Crippen molar-refractivity contribution in [3.05, 3.63) is 24.3 Å². The quantitative estimate of drug-likeness (QED) is 0.452. The van der Waals surface area contributed by atoms with Gasteiger partial charge in [0, 0.05) is 23.2 Å². The molecule has 1 aliphatic rings. The molecule has 82 valence electrons. The monoisotopic (exact) mass is 468 g/mol. The van der Waals surface area contributed by atoms with Crippen molar-refractivity contribution in [2.45, 2.75) is 24.3 Å². The van der Waals surface area contributed by atoms with Gasteiger partial charge < -0.3 is 4.74 Å². The number of benzene rings is 1. The lowest BCUT2D eigenvalue weighted by molar-refractivity contribution is 0.122. The molecule has 0 saturated heterocycles. The van der Waals surface area contributed by atoms with E-state index in [4.69, 9.17) is 27.9 Å². The predicted molar refractivity (Wildman–Crippen MR) is 80.2 cm³/mol. The molecule has 15 heavy (non-hydrogen) atoms. The third-order valence-corrected chi connectivity index (χ3v) is 4.46. The Hall–Kier alpha value is 1.06. The van der Waals surface area contributed by atoms with E-state index in [0.29, 0.717) is 0 Å². The van der Waals surface area contributed by atoms with Gasteiger partial charge in [0.15, 0.2) is 0 Å². The fourth-order valence-corrected chi connectivity index (χ4v) is 4.41. The zero-order valence-electron chi connectivity index (χ0n) is 7.64. The van der Waals surface area contributed by atoms with Crippen molar-refractivity contribution >= 4 is 68.4 Å². The topological polar surface area (TPSA) is 9.23 Å². The van der Waals surface area contributed by atoms with Gasteiger partial charge >= 0.3 is 0 Å². The van der Waals surface area contributed by atoms with Crippen molar-refractivity contribution in [2.75, 3.05) is 0 Å². The van der Waals surface area contributed by atoms with Crippen LogP contribution in [-0.2, 0) is 0 Å². The second-order valence-corrected chi connectivity index (χ2v) is 6.89. The van der Waals surface area contributed by atoms with Crippen LogP contribution >= 0.6 is 68.4 Å². The van der Waals surface area contributed by atoms with Crippen LogP contribution < -0.4 is 4.74 Å². The van der Waals surface area contributed by atoms with Gasteiger partial charge in [-0.25, -0.2) is 0 Å². The van der Waals surface area contributed by atoms with Crippen LogP contribution in [0.3, 0.4) is 0 Å². The molecule has 1 aromatic rings. The number of hydrogen-bond donors (Lipinski definition) is 0. The molecule has 0 N–H and O–H groups in total. The molecule has 0 bridgehead atoms. The molecular weight excluding hydrogens is 461 g/mol. The summed E-state index contributed by atoms with van der Waals surface area (Å²) in [6.07, 6.45) is 2.16. The molecule has 1 aromatic carbocycles. The normalized spacial score (nSPS) is 24.8. The maximum Gasteiger partial charge on any atom is 0.146 e. The Morgan fingerprint density at radius 1 is 1.20 bits per heavy atom. The first-order chi connectivity index (χ1) is 7.06. The highest BCUT2D eigenvalue weighted by Gasteiger charge is 2.30. The molecule has 1 aliphatic carbocycles. The van der Waals surface area contributed by atoms with Crippen LogP contribution in [0.15, 0.2) is 12.1 Å². The Morgan fingerprint density at radius 3 is 2.20 bits per heavy atom. The maximum atomic E-state index is 5.94. The van der Waals surface area contributed by atoms with Gasteiger partial charge in [-0.1, -0.05) is 11.6 Å². The van der Waals surface area contributed by atoms with E-state index in [-0.39, 0.29) is 11.5 Å². The lowest BCUT2D eigenvalue weighted by Crippen LogP contribution is -2.34. The summed E-state index contributed by atoms with van der Waals surface area (Å²) >= 11 is 16.3.